The highest BCUT2D eigenvalue weighted by molar-refractivity contribution is 7.18. The summed E-state index contributed by atoms with van der Waals surface area (Å²) in [6, 6.07) is 0.790. The van der Waals surface area contributed by atoms with Gasteiger partial charge in [0.15, 0.2) is 0 Å². The molecule has 2 aromatic rings. The van der Waals surface area contributed by atoms with Crippen molar-refractivity contribution in [2.24, 2.45) is 0 Å². The molecule has 1 saturated carbocycles. The highest BCUT2D eigenvalue weighted by Gasteiger charge is 2.25. The van der Waals surface area contributed by atoms with Gasteiger partial charge in [0, 0.05) is 24.0 Å². The second-order valence-electron chi connectivity index (χ2n) is 5.86. The fourth-order valence-corrected chi connectivity index (χ4v) is 3.59. The van der Waals surface area contributed by atoms with Crippen molar-refractivity contribution in [2.45, 2.75) is 39.3 Å². The third-order valence-electron chi connectivity index (χ3n) is 4.19. The van der Waals surface area contributed by atoms with Gasteiger partial charge in [-0.15, -0.1) is 11.3 Å². The number of aryl methyl sites for hydroxylation is 2. The maximum atomic E-state index is 12.1. The van der Waals surface area contributed by atoms with Gasteiger partial charge in [0.1, 0.15) is 10.7 Å². The first-order valence-electron chi connectivity index (χ1n) is 7.46. The number of likely N-dealkylation sites (N-methyl/N-ethyl adjacent to an activating group) is 1. The summed E-state index contributed by atoms with van der Waals surface area (Å²) in [5, 5.41) is 4.10. The van der Waals surface area contributed by atoms with Gasteiger partial charge < -0.3 is 15.2 Å². The summed E-state index contributed by atoms with van der Waals surface area (Å²) in [5.41, 5.74) is 1.03. The van der Waals surface area contributed by atoms with Crippen molar-refractivity contribution in [1.29, 1.82) is 0 Å². The molecular formula is C15H22N4OS. The molecule has 0 aliphatic heterocycles. The van der Waals surface area contributed by atoms with Crippen molar-refractivity contribution in [3.63, 3.8) is 0 Å². The number of thiophene rings is 1. The molecule has 5 nitrogen and oxygen atoms in total. The summed E-state index contributed by atoms with van der Waals surface area (Å²) < 4.78 is 0. The molecule has 1 aliphatic rings. The summed E-state index contributed by atoms with van der Waals surface area (Å²) in [6.07, 6.45) is 2.66. The van der Waals surface area contributed by atoms with Gasteiger partial charge in [-0.2, -0.15) is 0 Å². The fourth-order valence-electron chi connectivity index (χ4n) is 2.54. The number of nitrogens with zero attached hydrogens (tertiary/aromatic N) is 2. The van der Waals surface area contributed by atoms with E-state index in [2.05, 4.69) is 27.2 Å². The second-order valence-corrected chi connectivity index (χ2v) is 7.07. The minimum atomic E-state index is -0.0197. The van der Waals surface area contributed by atoms with Crippen LogP contribution in [0, 0.1) is 13.8 Å². The Bertz CT molecular complexity index is 701. The van der Waals surface area contributed by atoms with Crippen molar-refractivity contribution >= 4 is 21.6 Å². The van der Waals surface area contributed by atoms with E-state index in [4.69, 9.17) is 0 Å². The first kappa shape index (κ1) is 14.7. The van der Waals surface area contributed by atoms with Crippen LogP contribution in [-0.2, 0) is 6.54 Å². The van der Waals surface area contributed by atoms with Crippen molar-refractivity contribution in [3.05, 3.63) is 26.6 Å². The predicted molar refractivity (Wildman–Crippen MR) is 87.1 cm³/mol. The molecular weight excluding hydrogens is 284 g/mol. The highest BCUT2D eigenvalue weighted by Crippen LogP contribution is 2.26. The van der Waals surface area contributed by atoms with Gasteiger partial charge in [-0.1, -0.05) is 0 Å². The van der Waals surface area contributed by atoms with E-state index < -0.39 is 0 Å². The molecule has 0 bridgehead atoms. The third-order valence-corrected chi connectivity index (χ3v) is 5.29. The zero-order chi connectivity index (χ0) is 15.0. The molecule has 114 valence electrons. The van der Waals surface area contributed by atoms with E-state index in [1.54, 1.807) is 11.3 Å². The van der Waals surface area contributed by atoms with Crippen molar-refractivity contribution in [1.82, 2.24) is 20.2 Å². The molecule has 6 heteroatoms. The average molecular weight is 306 g/mol. The summed E-state index contributed by atoms with van der Waals surface area (Å²) in [5.74, 6) is 0.725. The highest BCUT2D eigenvalue weighted by atomic mass is 32.1. The Balaban J connectivity index is 1.63. The molecule has 0 saturated heterocycles. The van der Waals surface area contributed by atoms with Gasteiger partial charge in [0.2, 0.25) is 0 Å². The van der Waals surface area contributed by atoms with Gasteiger partial charge in [0.25, 0.3) is 5.56 Å². The number of fused-ring (bicyclic) bond motifs is 1. The standard InChI is InChI=1S/C15H22N4OS/c1-9-10(2)21-15-13(9)14(20)17-12(18-15)8-16-6-7-19(3)11-4-5-11/h11,16H,4-8H2,1-3H3,(H,17,18,20). The maximum Gasteiger partial charge on any atom is 0.259 e. The Morgan fingerprint density at radius 1 is 1.43 bits per heavy atom. The quantitative estimate of drug-likeness (QED) is 0.799. The minimum absolute atomic E-state index is 0.0197. The number of H-pyrrole nitrogens is 1. The second kappa shape index (κ2) is 5.87. The van der Waals surface area contributed by atoms with Crippen molar-refractivity contribution in [2.75, 3.05) is 20.1 Å². The van der Waals surface area contributed by atoms with E-state index >= 15 is 0 Å². The van der Waals surface area contributed by atoms with Gasteiger partial charge in [-0.25, -0.2) is 4.98 Å². The van der Waals surface area contributed by atoms with Crippen LogP contribution < -0.4 is 10.9 Å². The average Bonchev–Trinajstić information content (AvgIpc) is 3.23. The normalized spacial score (nSPS) is 15.2. The molecule has 2 heterocycles. The van der Waals surface area contributed by atoms with E-state index in [0.29, 0.717) is 6.54 Å². The first-order valence-corrected chi connectivity index (χ1v) is 8.27. The summed E-state index contributed by atoms with van der Waals surface area (Å²) in [4.78, 5) is 24.0. The summed E-state index contributed by atoms with van der Waals surface area (Å²) in [7, 11) is 2.17. The molecule has 2 N–H and O–H groups in total. The molecule has 0 spiro atoms. The van der Waals surface area contributed by atoms with Crippen LogP contribution in [0.25, 0.3) is 10.2 Å². The Morgan fingerprint density at radius 3 is 2.90 bits per heavy atom. The molecule has 1 fully saturated rings. The minimum Gasteiger partial charge on any atom is -0.309 e. The van der Waals surface area contributed by atoms with E-state index in [9.17, 15) is 4.79 Å². The molecule has 21 heavy (non-hydrogen) atoms. The first-order chi connectivity index (χ1) is 10.1. The number of rotatable bonds is 6. The molecule has 0 radical (unpaired) electrons. The van der Waals surface area contributed by atoms with Gasteiger partial charge in [0.05, 0.1) is 11.9 Å². The van der Waals surface area contributed by atoms with Crippen LogP contribution in [0.1, 0.15) is 29.1 Å². The fraction of sp³-hybridized carbons (Fsp3) is 0.600. The molecule has 3 rings (SSSR count). The number of aromatic amines is 1. The smallest absolute Gasteiger partial charge is 0.259 e. The lowest BCUT2D eigenvalue weighted by Crippen LogP contribution is -2.31. The molecule has 0 amide bonds. The Morgan fingerprint density at radius 2 is 2.19 bits per heavy atom. The van der Waals surface area contributed by atoms with Gasteiger partial charge >= 0.3 is 0 Å². The molecule has 1 aliphatic carbocycles. The Kier molecular flexibility index (Phi) is 4.10. The number of nitrogens with one attached hydrogen (secondary N) is 2. The molecule has 0 unspecified atom stereocenters. The van der Waals surface area contributed by atoms with Crippen LogP contribution in [0.2, 0.25) is 0 Å². The van der Waals surface area contributed by atoms with E-state index in [1.165, 1.54) is 17.7 Å². The molecule has 0 atom stereocenters. The van der Waals surface area contributed by atoms with Crippen molar-refractivity contribution in [3.8, 4) is 0 Å². The summed E-state index contributed by atoms with van der Waals surface area (Å²) in [6.45, 7) is 6.58. The topological polar surface area (TPSA) is 61.0 Å². The Labute approximate surface area is 128 Å². The lowest BCUT2D eigenvalue weighted by atomic mass is 10.2. The van der Waals surface area contributed by atoms with Crippen LogP contribution >= 0.6 is 11.3 Å². The Hall–Kier alpha value is -1.24. The van der Waals surface area contributed by atoms with Crippen LogP contribution in [0.15, 0.2) is 4.79 Å². The van der Waals surface area contributed by atoms with Crippen molar-refractivity contribution < 1.29 is 0 Å². The monoisotopic (exact) mass is 306 g/mol. The lowest BCUT2D eigenvalue weighted by Gasteiger charge is -2.15. The zero-order valence-corrected chi connectivity index (χ0v) is 13.6. The molecule has 0 aromatic carbocycles. The van der Waals surface area contributed by atoms with Crippen LogP contribution in [0.4, 0.5) is 0 Å². The summed E-state index contributed by atoms with van der Waals surface area (Å²) >= 11 is 1.60. The molecule has 2 aromatic heterocycles. The number of aromatic nitrogens is 2. The van der Waals surface area contributed by atoms with Crippen LogP contribution in [0.3, 0.4) is 0 Å². The van der Waals surface area contributed by atoms with E-state index in [0.717, 1.165) is 40.7 Å². The van der Waals surface area contributed by atoms with Gasteiger partial charge in [-0.05, 0) is 39.3 Å². The lowest BCUT2D eigenvalue weighted by molar-refractivity contribution is 0.321. The zero-order valence-electron chi connectivity index (χ0n) is 12.8. The van der Waals surface area contributed by atoms with Crippen LogP contribution in [-0.4, -0.2) is 41.0 Å². The largest absolute Gasteiger partial charge is 0.309 e. The van der Waals surface area contributed by atoms with E-state index in [-0.39, 0.29) is 5.56 Å². The van der Waals surface area contributed by atoms with Gasteiger partial charge in [-0.3, -0.25) is 4.79 Å². The van der Waals surface area contributed by atoms with Crippen LogP contribution in [0.5, 0.6) is 0 Å². The van der Waals surface area contributed by atoms with E-state index in [1.807, 2.05) is 13.8 Å². The predicted octanol–water partition coefficient (Wildman–Crippen LogP) is 1.79. The maximum absolute atomic E-state index is 12.1. The number of hydrogen-bond donors (Lipinski definition) is 2. The SMILES string of the molecule is Cc1sc2nc(CNCCN(C)C3CC3)[nH]c(=O)c2c1C. The third kappa shape index (κ3) is 3.17. The number of hydrogen-bond acceptors (Lipinski definition) is 5.